The standard InChI is InChI=1S/C17H29NO2/c1-14(2)8-10-20-11-9-16(13-18)12-15-4-6-17(19-3)7-5-15/h4-7,14,16H,8-13,18H2,1-3H3. The minimum absolute atomic E-state index is 0.488. The molecule has 0 fully saturated rings. The maximum Gasteiger partial charge on any atom is 0.118 e. The van der Waals surface area contributed by atoms with E-state index < -0.39 is 0 Å². The fraction of sp³-hybridized carbons (Fsp3) is 0.647. The summed E-state index contributed by atoms with van der Waals surface area (Å²) in [6, 6.07) is 8.23. The third-order valence-electron chi connectivity index (χ3n) is 3.53. The molecule has 1 aromatic rings. The maximum atomic E-state index is 5.86. The van der Waals surface area contributed by atoms with E-state index >= 15 is 0 Å². The molecule has 0 heterocycles. The van der Waals surface area contributed by atoms with Gasteiger partial charge in [0.1, 0.15) is 5.75 Å². The highest BCUT2D eigenvalue weighted by atomic mass is 16.5. The molecule has 114 valence electrons. The van der Waals surface area contributed by atoms with E-state index in [1.807, 2.05) is 12.1 Å². The maximum absolute atomic E-state index is 5.86. The molecule has 0 saturated carbocycles. The third kappa shape index (κ3) is 6.92. The zero-order valence-corrected chi connectivity index (χ0v) is 13.1. The molecule has 2 N–H and O–H groups in total. The Morgan fingerprint density at radius 1 is 1.05 bits per heavy atom. The van der Waals surface area contributed by atoms with Crippen molar-refractivity contribution in [1.82, 2.24) is 0 Å². The lowest BCUT2D eigenvalue weighted by Gasteiger charge is -2.15. The molecule has 20 heavy (non-hydrogen) atoms. The molecule has 0 spiro atoms. The van der Waals surface area contributed by atoms with Crippen LogP contribution in [-0.4, -0.2) is 26.9 Å². The molecular formula is C17H29NO2. The van der Waals surface area contributed by atoms with Crippen molar-refractivity contribution in [2.45, 2.75) is 33.1 Å². The average molecular weight is 279 g/mol. The second-order valence-corrected chi connectivity index (χ2v) is 5.74. The monoisotopic (exact) mass is 279 g/mol. The van der Waals surface area contributed by atoms with Crippen molar-refractivity contribution in [1.29, 1.82) is 0 Å². The lowest BCUT2D eigenvalue weighted by Crippen LogP contribution is -2.19. The van der Waals surface area contributed by atoms with Crippen LogP contribution >= 0.6 is 0 Å². The minimum atomic E-state index is 0.488. The fourth-order valence-electron chi connectivity index (χ4n) is 2.07. The number of benzene rings is 1. The van der Waals surface area contributed by atoms with E-state index in [2.05, 4.69) is 26.0 Å². The average Bonchev–Trinajstić information content (AvgIpc) is 2.46. The van der Waals surface area contributed by atoms with Gasteiger partial charge in [-0.2, -0.15) is 0 Å². The number of ether oxygens (including phenoxy) is 2. The summed E-state index contributed by atoms with van der Waals surface area (Å²) in [7, 11) is 1.69. The summed E-state index contributed by atoms with van der Waals surface area (Å²) in [5.74, 6) is 2.09. The van der Waals surface area contributed by atoms with Gasteiger partial charge in [-0.15, -0.1) is 0 Å². The van der Waals surface area contributed by atoms with Crippen molar-refractivity contribution in [3.8, 4) is 5.75 Å². The van der Waals surface area contributed by atoms with E-state index in [-0.39, 0.29) is 0 Å². The zero-order valence-electron chi connectivity index (χ0n) is 13.1. The van der Waals surface area contributed by atoms with Gasteiger partial charge in [0, 0.05) is 13.2 Å². The summed E-state index contributed by atoms with van der Waals surface area (Å²) >= 11 is 0. The summed E-state index contributed by atoms with van der Waals surface area (Å²) in [6.45, 7) is 6.81. The molecule has 0 amide bonds. The van der Waals surface area contributed by atoms with Crippen LogP contribution in [0.1, 0.15) is 32.3 Å². The second kappa shape index (κ2) is 9.78. The van der Waals surface area contributed by atoms with Crippen LogP contribution in [0.4, 0.5) is 0 Å². The van der Waals surface area contributed by atoms with E-state index in [0.717, 1.165) is 38.2 Å². The quantitative estimate of drug-likeness (QED) is 0.669. The first kappa shape index (κ1) is 17.0. The molecule has 3 heteroatoms. The van der Waals surface area contributed by atoms with Crippen LogP contribution in [0.25, 0.3) is 0 Å². The van der Waals surface area contributed by atoms with Gasteiger partial charge in [0.15, 0.2) is 0 Å². The van der Waals surface area contributed by atoms with Gasteiger partial charge in [0.05, 0.1) is 7.11 Å². The molecule has 0 aliphatic rings. The van der Waals surface area contributed by atoms with Gasteiger partial charge in [0.2, 0.25) is 0 Å². The van der Waals surface area contributed by atoms with E-state index in [0.29, 0.717) is 18.4 Å². The van der Waals surface area contributed by atoms with Crippen molar-refractivity contribution >= 4 is 0 Å². The Hall–Kier alpha value is -1.06. The predicted octanol–water partition coefficient (Wildman–Crippen LogP) is 3.27. The molecule has 0 aromatic heterocycles. The van der Waals surface area contributed by atoms with Crippen molar-refractivity contribution in [3.05, 3.63) is 29.8 Å². The Bertz CT molecular complexity index is 349. The van der Waals surface area contributed by atoms with Crippen LogP contribution in [0.15, 0.2) is 24.3 Å². The highest BCUT2D eigenvalue weighted by Crippen LogP contribution is 2.16. The van der Waals surface area contributed by atoms with E-state index in [4.69, 9.17) is 15.2 Å². The summed E-state index contributed by atoms with van der Waals surface area (Å²) in [4.78, 5) is 0. The zero-order chi connectivity index (χ0) is 14.8. The first-order valence-electron chi connectivity index (χ1n) is 7.56. The Morgan fingerprint density at radius 3 is 2.25 bits per heavy atom. The molecule has 1 unspecified atom stereocenters. The van der Waals surface area contributed by atoms with Gasteiger partial charge in [-0.05, 0) is 55.3 Å². The van der Waals surface area contributed by atoms with Gasteiger partial charge >= 0.3 is 0 Å². The van der Waals surface area contributed by atoms with Crippen LogP contribution < -0.4 is 10.5 Å². The topological polar surface area (TPSA) is 44.5 Å². The van der Waals surface area contributed by atoms with Crippen molar-refractivity contribution in [2.75, 3.05) is 26.9 Å². The van der Waals surface area contributed by atoms with Crippen molar-refractivity contribution in [2.24, 2.45) is 17.6 Å². The molecule has 0 aliphatic carbocycles. The molecule has 0 saturated heterocycles. The summed E-state index contributed by atoms with van der Waals surface area (Å²) in [5.41, 5.74) is 7.17. The van der Waals surface area contributed by atoms with E-state index in [1.54, 1.807) is 7.11 Å². The Kier molecular flexibility index (Phi) is 8.31. The summed E-state index contributed by atoms with van der Waals surface area (Å²) in [5, 5.41) is 0. The molecule has 1 atom stereocenters. The van der Waals surface area contributed by atoms with E-state index in [9.17, 15) is 0 Å². The second-order valence-electron chi connectivity index (χ2n) is 5.74. The van der Waals surface area contributed by atoms with Crippen LogP contribution in [-0.2, 0) is 11.2 Å². The van der Waals surface area contributed by atoms with Crippen LogP contribution in [0, 0.1) is 11.8 Å². The summed E-state index contributed by atoms with van der Waals surface area (Å²) in [6.07, 6.45) is 3.17. The van der Waals surface area contributed by atoms with Gasteiger partial charge in [-0.3, -0.25) is 0 Å². The minimum Gasteiger partial charge on any atom is -0.497 e. The van der Waals surface area contributed by atoms with Gasteiger partial charge < -0.3 is 15.2 Å². The van der Waals surface area contributed by atoms with Gasteiger partial charge in [-0.25, -0.2) is 0 Å². The predicted molar refractivity (Wildman–Crippen MR) is 84.1 cm³/mol. The lowest BCUT2D eigenvalue weighted by molar-refractivity contribution is 0.111. The molecule has 1 rings (SSSR count). The number of methoxy groups -OCH3 is 1. The van der Waals surface area contributed by atoms with Crippen molar-refractivity contribution < 1.29 is 9.47 Å². The molecule has 3 nitrogen and oxygen atoms in total. The fourth-order valence-corrected chi connectivity index (χ4v) is 2.07. The molecule has 0 aliphatic heterocycles. The highest BCUT2D eigenvalue weighted by molar-refractivity contribution is 5.27. The largest absolute Gasteiger partial charge is 0.497 e. The Labute approximate surface area is 123 Å². The normalized spacial score (nSPS) is 12.7. The highest BCUT2D eigenvalue weighted by Gasteiger charge is 2.08. The van der Waals surface area contributed by atoms with E-state index in [1.165, 1.54) is 5.56 Å². The molecule has 0 radical (unpaired) electrons. The smallest absolute Gasteiger partial charge is 0.118 e. The SMILES string of the molecule is COc1ccc(CC(CN)CCOCCC(C)C)cc1. The van der Waals surface area contributed by atoms with Crippen molar-refractivity contribution in [3.63, 3.8) is 0 Å². The lowest BCUT2D eigenvalue weighted by atomic mass is 9.96. The van der Waals surface area contributed by atoms with Gasteiger partial charge in [-0.1, -0.05) is 26.0 Å². The van der Waals surface area contributed by atoms with Crippen LogP contribution in [0.5, 0.6) is 5.75 Å². The Balaban J connectivity index is 2.27. The molecule has 1 aromatic carbocycles. The number of hydrogen-bond acceptors (Lipinski definition) is 3. The number of rotatable bonds is 10. The number of hydrogen-bond donors (Lipinski definition) is 1. The molecular weight excluding hydrogens is 250 g/mol. The first-order chi connectivity index (χ1) is 9.65. The van der Waals surface area contributed by atoms with Gasteiger partial charge in [0.25, 0.3) is 0 Å². The summed E-state index contributed by atoms with van der Waals surface area (Å²) < 4.78 is 10.8. The number of nitrogens with two attached hydrogens (primary N) is 1. The van der Waals surface area contributed by atoms with Crippen LogP contribution in [0.2, 0.25) is 0 Å². The third-order valence-corrected chi connectivity index (χ3v) is 3.53. The Morgan fingerprint density at radius 2 is 1.70 bits per heavy atom. The first-order valence-corrected chi connectivity index (χ1v) is 7.56. The van der Waals surface area contributed by atoms with Crippen LogP contribution in [0.3, 0.4) is 0 Å². The molecule has 0 bridgehead atoms.